The number of halogens is 2. The van der Waals surface area contributed by atoms with E-state index in [1.54, 1.807) is 24.3 Å². The largest absolute Gasteiger partial charge is 0.372 e. The number of rotatable bonds is 4. The normalized spacial score (nSPS) is 17.9. The summed E-state index contributed by atoms with van der Waals surface area (Å²) in [7, 11) is 0. The van der Waals surface area contributed by atoms with Crippen LogP contribution in [0.4, 0.5) is 20.2 Å². The molecule has 0 spiro atoms. The second-order valence-electron chi connectivity index (χ2n) is 6.68. The first-order valence-corrected chi connectivity index (χ1v) is 8.85. The fourth-order valence-corrected chi connectivity index (χ4v) is 3.46. The van der Waals surface area contributed by atoms with E-state index in [1.807, 2.05) is 0 Å². The summed E-state index contributed by atoms with van der Waals surface area (Å²) in [5, 5.41) is 13.9. The number of aliphatic hydroxyl groups is 1. The van der Waals surface area contributed by atoms with E-state index in [0.29, 0.717) is 11.4 Å². The lowest BCUT2D eigenvalue weighted by molar-refractivity contribution is -0.133. The number of hydrogen-bond acceptors (Lipinski definition) is 3. The van der Waals surface area contributed by atoms with Crippen LogP contribution in [0.5, 0.6) is 0 Å². The Balaban J connectivity index is 1.66. The molecule has 3 aromatic carbocycles. The fraction of sp³-hybridized carbons (Fsp3) is 0.0909. The van der Waals surface area contributed by atoms with Gasteiger partial charge in [-0.2, -0.15) is 0 Å². The van der Waals surface area contributed by atoms with E-state index >= 15 is 0 Å². The van der Waals surface area contributed by atoms with Gasteiger partial charge in [0.05, 0.1) is 5.69 Å². The summed E-state index contributed by atoms with van der Waals surface area (Å²) in [5.74, 6) is -2.30. The molecule has 0 bridgehead atoms. The van der Waals surface area contributed by atoms with Crippen molar-refractivity contribution in [3.63, 3.8) is 0 Å². The molecule has 0 aliphatic carbocycles. The molecule has 1 aliphatic rings. The first-order valence-electron chi connectivity index (χ1n) is 8.85. The van der Waals surface area contributed by atoms with Crippen LogP contribution in [0.2, 0.25) is 0 Å². The molecule has 0 saturated heterocycles. The van der Waals surface area contributed by atoms with Crippen LogP contribution in [0.15, 0.2) is 72.8 Å². The van der Waals surface area contributed by atoms with Crippen molar-refractivity contribution in [1.29, 1.82) is 0 Å². The number of fused-ring (bicyclic) bond motifs is 1. The molecule has 7 heteroatoms. The van der Waals surface area contributed by atoms with Crippen LogP contribution in [-0.4, -0.2) is 23.5 Å². The Bertz CT molecular complexity index is 1100. The highest BCUT2D eigenvalue weighted by molar-refractivity contribution is 6.12. The van der Waals surface area contributed by atoms with Gasteiger partial charge in [0.15, 0.2) is 5.60 Å². The number of amides is 2. The van der Waals surface area contributed by atoms with Crippen molar-refractivity contribution in [3.8, 4) is 0 Å². The lowest BCUT2D eigenvalue weighted by Gasteiger charge is -2.23. The molecule has 2 N–H and O–H groups in total. The van der Waals surface area contributed by atoms with E-state index in [9.17, 15) is 23.5 Å². The summed E-state index contributed by atoms with van der Waals surface area (Å²) >= 11 is 0. The van der Waals surface area contributed by atoms with E-state index < -0.39 is 29.0 Å². The lowest BCUT2D eigenvalue weighted by atomic mass is 9.87. The highest BCUT2D eigenvalue weighted by Crippen LogP contribution is 2.44. The number of carbonyl (C=O) groups is 2. The van der Waals surface area contributed by atoms with Crippen molar-refractivity contribution in [2.45, 2.75) is 5.60 Å². The highest BCUT2D eigenvalue weighted by atomic mass is 19.1. The smallest absolute Gasteiger partial charge is 0.268 e. The molecule has 29 heavy (non-hydrogen) atoms. The molecule has 1 unspecified atom stereocenters. The van der Waals surface area contributed by atoms with E-state index in [-0.39, 0.29) is 17.7 Å². The van der Waals surface area contributed by atoms with Gasteiger partial charge in [-0.25, -0.2) is 8.78 Å². The average Bonchev–Trinajstić information content (AvgIpc) is 2.93. The van der Waals surface area contributed by atoms with Gasteiger partial charge in [0, 0.05) is 16.8 Å². The lowest BCUT2D eigenvalue weighted by Crippen LogP contribution is -2.44. The Labute approximate surface area is 165 Å². The standard InChI is InChI=1S/C22H16F2N2O3/c23-15-8-10-17(11-9-15)25-20(27)13-26-19-7-2-1-6-18(19)22(29,21(26)28)14-4-3-5-16(24)12-14/h1-12,29H,13H2,(H,25,27). The van der Waals surface area contributed by atoms with Crippen LogP contribution < -0.4 is 10.2 Å². The number of para-hydroxylation sites is 1. The van der Waals surface area contributed by atoms with Crippen molar-refractivity contribution in [2.24, 2.45) is 0 Å². The Morgan fingerprint density at radius 2 is 1.69 bits per heavy atom. The molecule has 3 aromatic rings. The summed E-state index contributed by atoms with van der Waals surface area (Å²) in [4.78, 5) is 26.8. The number of hydrogen-bond donors (Lipinski definition) is 2. The third-order valence-corrected chi connectivity index (χ3v) is 4.81. The molecule has 1 aliphatic heterocycles. The number of benzene rings is 3. The maximum atomic E-state index is 13.7. The molecular weight excluding hydrogens is 378 g/mol. The van der Waals surface area contributed by atoms with Gasteiger partial charge in [0.1, 0.15) is 18.2 Å². The fourth-order valence-electron chi connectivity index (χ4n) is 3.46. The monoisotopic (exact) mass is 394 g/mol. The first-order chi connectivity index (χ1) is 13.9. The van der Waals surface area contributed by atoms with Gasteiger partial charge in [-0.05, 0) is 42.5 Å². The van der Waals surface area contributed by atoms with Gasteiger partial charge in [-0.1, -0.05) is 30.3 Å². The van der Waals surface area contributed by atoms with Crippen LogP contribution in [-0.2, 0) is 15.2 Å². The van der Waals surface area contributed by atoms with Gasteiger partial charge in [0.2, 0.25) is 5.91 Å². The van der Waals surface area contributed by atoms with Crippen LogP contribution >= 0.6 is 0 Å². The maximum Gasteiger partial charge on any atom is 0.268 e. The Morgan fingerprint density at radius 1 is 0.966 bits per heavy atom. The highest BCUT2D eigenvalue weighted by Gasteiger charge is 2.51. The summed E-state index contributed by atoms with van der Waals surface area (Å²) in [6.07, 6.45) is 0. The average molecular weight is 394 g/mol. The maximum absolute atomic E-state index is 13.7. The van der Waals surface area contributed by atoms with Gasteiger partial charge in [0.25, 0.3) is 5.91 Å². The van der Waals surface area contributed by atoms with E-state index in [2.05, 4.69) is 5.32 Å². The number of nitrogens with one attached hydrogen (secondary N) is 1. The zero-order valence-corrected chi connectivity index (χ0v) is 15.1. The van der Waals surface area contributed by atoms with Crippen molar-refractivity contribution in [2.75, 3.05) is 16.8 Å². The molecule has 2 amide bonds. The third kappa shape index (κ3) is 3.25. The van der Waals surface area contributed by atoms with Gasteiger partial charge >= 0.3 is 0 Å². The molecule has 1 heterocycles. The Morgan fingerprint density at radius 3 is 2.41 bits per heavy atom. The van der Waals surface area contributed by atoms with Crippen molar-refractivity contribution in [3.05, 3.63) is 95.6 Å². The van der Waals surface area contributed by atoms with Gasteiger partial charge < -0.3 is 10.4 Å². The minimum atomic E-state index is -2.10. The minimum Gasteiger partial charge on any atom is -0.372 e. The molecule has 0 aromatic heterocycles. The van der Waals surface area contributed by atoms with Crippen molar-refractivity contribution in [1.82, 2.24) is 0 Å². The third-order valence-electron chi connectivity index (χ3n) is 4.81. The number of nitrogens with zero attached hydrogens (tertiary/aromatic N) is 1. The zero-order valence-electron chi connectivity index (χ0n) is 15.1. The molecule has 146 valence electrons. The van der Waals surface area contributed by atoms with Crippen LogP contribution in [0.1, 0.15) is 11.1 Å². The van der Waals surface area contributed by atoms with Crippen molar-refractivity contribution >= 4 is 23.2 Å². The van der Waals surface area contributed by atoms with E-state index in [0.717, 1.165) is 11.0 Å². The van der Waals surface area contributed by atoms with Gasteiger partial charge in [-0.15, -0.1) is 0 Å². The van der Waals surface area contributed by atoms with Crippen LogP contribution in [0.3, 0.4) is 0 Å². The van der Waals surface area contributed by atoms with E-state index in [1.165, 1.54) is 42.5 Å². The second-order valence-corrected chi connectivity index (χ2v) is 6.68. The van der Waals surface area contributed by atoms with E-state index in [4.69, 9.17) is 0 Å². The molecule has 4 rings (SSSR count). The predicted octanol–water partition coefficient (Wildman–Crippen LogP) is 3.19. The summed E-state index contributed by atoms with van der Waals surface area (Å²) < 4.78 is 26.8. The first kappa shape index (κ1) is 18.8. The SMILES string of the molecule is O=C(CN1C(=O)C(O)(c2cccc(F)c2)c2ccccc21)Nc1ccc(F)cc1. The molecule has 0 fully saturated rings. The van der Waals surface area contributed by atoms with Crippen molar-refractivity contribution < 1.29 is 23.5 Å². The summed E-state index contributed by atoms with van der Waals surface area (Å²) in [6.45, 7) is -0.370. The van der Waals surface area contributed by atoms with Crippen LogP contribution in [0.25, 0.3) is 0 Å². The van der Waals surface area contributed by atoms with Gasteiger partial charge in [-0.3, -0.25) is 14.5 Å². The predicted molar refractivity (Wildman–Crippen MR) is 103 cm³/mol. The molecule has 0 radical (unpaired) electrons. The minimum absolute atomic E-state index is 0.0800. The molecule has 0 saturated carbocycles. The Hall–Kier alpha value is -3.58. The molecule has 5 nitrogen and oxygen atoms in total. The van der Waals surface area contributed by atoms with Crippen LogP contribution in [0, 0.1) is 11.6 Å². The summed E-state index contributed by atoms with van der Waals surface area (Å²) in [6, 6.07) is 16.9. The quantitative estimate of drug-likeness (QED) is 0.714. The summed E-state index contributed by atoms with van der Waals surface area (Å²) in [5.41, 5.74) is -1.02. The molecule has 1 atom stereocenters. The zero-order chi connectivity index (χ0) is 20.6. The topological polar surface area (TPSA) is 69.6 Å². The number of carbonyl (C=O) groups excluding carboxylic acids is 2. The number of anilines is 2. The second kappa shape index (κ2) is 7.10. The Kier molecular flexibility index (Phi) is 4.60. The molecular formula is C22H16F2N2O3.